The van der Waals surface area contributed by atoms with E-state index < -0.39 is 0 Å². The molecule has 0 unspecified atom stereocenters. The number of aryl methyl sites for hydroxylation is 1. The van der Waals surface area contributed by atoms with Crippen molar-refractivity contribution in [3.8, 4) is 0 Å². The van der Waals surface area contributed by atoms with Gasteiger partial charge in [-0.3, -0.25) is 24.2 Å². The van der Waals surface area contributed by atoms with E-state index in [1.807, 2.05) is 25.5 Å². The number of piperazine rings is 1. The van der Waals surface area contributed by atoms with Gasteiger partial charge in [-0.05, 0) is 18.1 Å². The Morgan fingerprint density at radius 2 is 2.15 bits per heavy atom. The molecule has 2 aromatic heterocycles. The third-order valence-corrected chi connectivity index (χ3v) is 5.54. The molecule has 8 heteroatoms. The monoisotopic (exact) mass is 368 g/mol. The smallest absolute Gasteiger partial charge is 0.246 e. The average molecular weight is 368 g/mol. The summed E-state index contributed by atoms with van der Waals surface area (Å²) in [7, 11) is 1.83. The lowest BCUT2D eigenvalue weighted by atomic mass is 9.92. The summed E-state index contributed by atoms with van der Waals surface area (Å²) >= 11 is 0. The van der Waals surface area contributed by atoms with Crippen LogP contribution in [-0.2, 0) is 23.2 Å². The Hall–Kier alpha value is -2.74. The molecule has 0 radical (unpaired) electrons. The van der Waals surface area contributed by atoms with Crippen LogP contribution in [0, 0.1) is 0 Å². The molecule has 0 aliphatic carbocycles. The summed E-state index contributed by atoms with van der Waals surface area (Å²) in [4.78, 5) is 35.1. The molecule has 4 heterocycles. The molecule has 4 rings (SSSR count). The minimum atomic E-state index is -0.363. The molecule has 0 aromatic carbocycles. The maximum absolute atomic E-state index is 12.7. The number of aromatic nitrogens is 3. The SMILES string of the molecule is CC(=O)N1CC(=O)N(c2cnn(C)c2)C[C@]12CCN(Cc1cccnc1)C2. The van der Waals surface area contributed by atoms with Crippen LogP contribution in [0.5, 0.6) is 0 Å². The second-order valence-electron chi connectivity index (χ2n) is 7.50. The van der Waals surface area contributed by atoms with Crippen molar-refractivity contribution in [3.63, 3.8) is 0 Å². The molecule has 2 aliphatic heterocycles. The van der Waals surface area contributed by atoms with Crippen LogP contribution >= 0.6 is 0 Å². The number of rotatable bonds is 3. The van der Waals surface area contributed by atoms with Crippen molar-refractivity contribution in [2.45, 2.75) is 25.4 Å². The van der Waals surface area contributed by atoms with Crippen LogP contribution in [0.15, 0.2) is 36.9 Å². The topological polar surface area (TPSA) is 74.6 Å². The van der Waals surface area contributed by atoms with E-state index in [2.05, 4.69) is 21.0 Å². The first-order valence-corrected chi connectivity index (χ1v) is 9.15. The minimum Gasteiger partial charge on any atom is -0.325 e. The van der Waals surface area contributed by atoms with Gasteiger partial charge in [0.05, 0.1) is 24.0 Å². The molecule has 8 nitrogen and oxygen atoms in total. The van der Waals surface area contributed by atoms with E-state index in [0.29, 0.717) is 6.54 Å². The van der Waals surface area contributed by atoms with Gasteiger partial charge in [-0.25, -0.2) is 0 Å². The molecule has 27 heavy (non-hydrogen) atoms. The van der Waals surface area contributed by atoms with Crippen LogP contribution in [0.2, 0.25) is 0 Å². The molecule has 2 fully saturated rings. The number of likely N-dealkylation sites (tertiary alicyclic amines) is 1. The zero-order valence-corrected chi connectivity index (χ0v) is 15.7. The number of hydrogen-bond acceptors (Lipinski definition) is 5. The number of anilines is 1. The molecule has 0 N–H and O–H groups in total. The van der Waals surface area contributed by atoms with Crippen molar-refractivity contribution in [1.29, 1.82) is 0 Å². The molecule has 2 aliphatic rings. The van der Waals surface area contributed by atoms with Gasteiger partial charge >= 0.3 is 0 Å². The maximum atomic E-state index is 12.7. The van der Waals surface area contributed by atoms with Gasteiger partial charge in [0, 0.05) is 52.2 Å². The summed E-state index contributed by atoms with van der Waals surface area (Å²) in [5.41, 5.74) is 1.58. The summed E-state index contributed by atoms with van der Waals surface area (Å²) in [6.45, 7) is 4.59. The van der Waals surface area contributed by atoms with E-state index >= 15 is 0 Å². The number of nitrogens with zero attached hydrogens (tertiary/aromatic N) is 6. The summed E-state index contributed by atoms with van der Waals surface area (Å²) in [5, 5.41) is 4.19. The van der Waals surface area contributed by atoms with E-state index in [9.17, 15) is 9.59 Å². The van der Waals surface area contributed by atoms with Crippen LogP contribution in [0.25, 0.3) is 0 Å². The molecule has 2 aromatic rings. The van der Waals surface area contributed by atoms with Crippen molar-refractivity contribution < 1.29 is 9.59 Å². The van der Waals surface area contributed by atoms with E-state index in [1.165, 1.54) is 0 Å². The number of amides is 2. The molecule has 0 bridgehead atoms. The fourth-order valence-corrected chi connectivity index (χ4v) is 4.26. The zero-order valence-electron chi connectivity index (χ0n) is 15.7. The third kappa shape index (κ3) is 3.32. The second-order valence-corrected chi connectivity index (χ2v) is 7.50. The maximum Gasteiger partial charge on any atom is 0.246 e. The molecule has 2 saturated heterocycles. The van der Waals surface area contributed by atoms with Gasteiger partial charge in [0.1, 0.15) is 6.54 Å². The predicted molar refractivity (Wildman–Crippen MR) is 99.8 cm³/mol. The van der Waals surface area contributed by atoms with Gasteiger partial charge in [0.25, 0.3) is 0 Å². The first kappa shape index (κ1) is 17.7. The highest BCUT2D eigenvalue weighted by molar-refractivity contribution is 5.98. The lowest BCUT2D eigenvalue weighted by Gasteiger charge is -2.48. The highest BCUT2D eigenvalue weighted by atomic mass is 16.2. The molecule has 1 spiro atoms. The predicted octanol–water partition coefficient (Wildman–Crippen LogP) is 0.655. The van der Waals surface area contributed by atoms with Gasteiger partial charge in [-0.1, -0.05) is 6.07 Å². The Bertz CT molecular complexity index is 851. The van der Waals surface area contributed by atoms with Crippen LogP contribution in [-0.4, -0.2) is 68.1 Å². The number of pyridine rings is 1. The molecule has 1 atom stereocenters. The van der Waals surface area contributed by atoms with Crippen LogP contribution < -0.4 is 4.90 Å². The lowest BCUT2D eigenvalue weighted by Crippen LogP contribution is -2.66. The molecule has 142 valence electrons. The van der Waals surface area contributed by atoms with E-state index in [-0.39, 0.29) is 23.9 Å². The Morgan fingerprint density at radius 3 is 2.81 bits per heavy atom. The van der Waals surface area contributed by atoms with Gasteiger partial charge in [-0.15, -0.1) is 0 Å². The van der Waals surface area contributed by atoms with E-state index in [0.717, 1.165) is 37.3 Å². The van der Waals surface area contributed by atoms with Crippen LogP contribution in [0.3, 0.4) is 0 Å². The van der Waals surface area contributed by atoms with Crippen molar-refractivity contribution in [2.24, 2.45) is 7.05 Å². The highest BCUT2D eigenvalue weighted by Gasteiger charge is 2.50. The summed E-state index contributed by atoms with van der Waals surface area (Å²) in [5.74, 6) is -0.105. The summed E-state index contributed by atoms with van der Waals surface area (Å²) in [6.07, 6.45) is 8.04. The Balaban J connectivity index is 1.58. The van der Waals surface area contributed by atoms with Gasteiger partial charge in [0.2, 0.25) is 11.8 Å². The van der Waals surface area contributed by atoms with Gasteiger partial charge in [0.15, 0.2) is 0 Å². The standard InChI is InChI=1S/C19H24N6O2/c1-15(26)25-12-18(27)24(17-9-21-22(2)11-17)14-19(25)5-7-23(13-19)10-16-4-3-6-20-8-16/h3-4,6,8-9,11H,5,7,10,12-14H2,1-2H3/t19-/m1/s1. The third-order valence-electron chi connectivity index (χ3n) is 5.54. The van der Waals surface area contributed by atoms with Crippen molar-refractivity contribution in [2.75, 3.05) is 31.1 Å². The first-order chi connectivity index (χ1) is 13.0. The summed E-state index contributed by atoms with van der Waals surface area (Å²) < 4.78 is 1.69. The Labute approximate surface area is 158 Å². The van der Waals surface area contributed by atoms with Gasteiger partial charge in [-0.2, -0.15) is 5.10 Å². The normalized spacial score (nSPS) is 23.4. The molecular formula is C19H24N6O2. The first-order valence-electron chi connectivity index (χ1n) is 9.15. The van der Waals surface area contributed by atoms with Crippen molar-refractivity contribution in [3.05, 3.63) is 42.5 Å². The molecule has 0 saturated carbocycles. The largest absolute Gasteiger partial charge is 0.325 e. The average Bonchev–Trinajstić information content (AvgIpc) is 3.24. The molecular weight excluding hydrogens is 344 g/mol. The van der Waals surface area contributed by atoms with Crippen molar-refractivity contribution in [1.82, 2.24) is 24.6 Å². The van der Waals surface area contributed by atoms with E-state index in [4.69, 9.17) is 0 Å². The number of carbonyl (C=O) groups is 2. The fourth-order valence-electron chi connectivity index (χ4n) is 4.26. The van der Waals surface area contributed by atoms with Gasteiger partial charge < -0.3 is 9.80 Å². The Kier molecular flexibility index (Phi) is 4.43. The lowest BCUT2D eigenvalue weighted by molar-refractivity contribution is -0.142. The second kappa shape index (κ2) is 6.77. The highest BCUT2D eigenvalue weighted by Crippen LogP contribution is 2.35. The van der Waals surface area contributed by atoms with Crippen molar-refractivity contribution >= 4 is 17.5 Å². The van der Waals surface area contributed by atoms with Crippen LogP contribution in [0.1, 0.15) is 18.9 Å². The fraction of sp³-hybridized carbons (Fsp3) is 0.474. The Morgan fingerprint density at radius 1 is 1.30 bits per heavy atom. The summed E-state index contributed by atoms with van der Waals surface area (Å²) in [6, 6.07) is 4.00. The number of carbonyl (C=O) groups excluding carboxylic acids is 2. The minimum absolute atomic E-state index is 0.0441. The quantitative estimate of drug-likeness (QED) is 0.795. The zero-order chi connectivity index (χ0) is 19.0. The molecule has 2 amide bonds. The van der Waals surface area contributed by atoms with Crippen LogP contribution in [0.4, 0.5) is 5.69 Å². The number of hydrogen-bond donors (Lipinski definition) is 0. The van der Waals surface area contributed by atoms with E-state index in [1.54, 1.807) is 33.8 Å².